The van der Waals surface area contributed by atoms with Gasteiger partial charge in [-0.3, -0.25) is 19.2 Å². The number of ether oxygens (including phenoxy) is 2. The molecular weight excluding hydrogens is 846 g/mol. The molecule has 1 aliphatic rings. The van der Waals surface area contributed by atoms with Gasteiger partial charge in [0.15, 0.2) is 28.9 Å². The zero-order valence-corrected chi connectivity index (χ0v) is 37.1. The summed E-state index contributed by atoms with van der Waals surface area (Å²) in [6, 6.07) is 6.23. The quantitative estimate of drug-likeness (QED) is 0.0822. The number of phenolic OH excluding ortho intramolecular Hbond substituents is 2. The fraction of sp³-hybridized carbons (Fsp3) is 0.400. The Kier molecular flexibility index (Phi) is 15.5. The molecule has 0 aliphatic carbocycles. The molecule has 2 heterocycles. The number of hydrogen-bond donors (Lipinski definition) is 9. The lowest BCUT2D eigenvalue weighted by atomic mass is 9.85. The van der Waals surface area contributed by atoms with E-state index in [0.717, 1.165) is 4.90 Å². The van der Waals surface area contributed by atoms with E-state index in [-0.39, 0.29) is 94.1 Å². The molecule has 0 fully saturated rings. The first-order valence-corrected chi connectivity index (χ1v) is 20.9. The van der Waals surface area contributed by atoms with Crippen LogP contribution in [0.25, 0.3) is 22.5 Å². The molecule has 20 heteroatoms. The summed E-state index contributed by atoms with van der Waals surface area (Å²) < 4.78 is 27.2. The number of anilines is 1. The summed E-state index contributed by atoms with van der Waals surface area (Å²) in [6.45, 7) is 8.23. The number of fused-ring (bicyclic) bond motifs is 5. The van der Waals surface area contributed by atoms with Crippen molar-refractivity contribution in [1.82, 2.24) is 30.8 Å². The summed E-state index contributed by atoms with van der Waals surface area (Å²) in [4.78, 5) is 77.3. The van der Waals surface area contributed by atoms with Crippen LogP contribution in [0.5, 0.6) is 23.0 Å². The number of nitrogens with zero attached hydrogens (tertiary/aromatic N) is 3. The highest BCUT2D eigenvalue weighted by Crippen LogP contribution is 2.45. The van der Waals surface area contributed by atoms with Crippen molar-refractivity contribution in [1.29, 1.82) is 0 Å². The maximum Gasteiger partial charge on any atom is 0.326 e. The first kappa shape index (κ1) is 49.0. The maximum atomic E-state index is 15.2. The number of amides is 4. The second-order valence-electron chi connectivity index (χ2n) is 16.6. The summed E-state index contributed by atoms with van der Waals surface area (Å²) in [7, 11) is 1.28. The maximum absolute atomic E-state index is 15.2. The van der Waals surface area contributed by atoms with Crippen molar-refractivity contribution in [2.75, 3.05) is 45.6 Å². The molecule has 19 nitrogen and oxygen atoms in total. The molecule has 3 atom stereocenters. The van der Waals surface area contributed by atoms with Gasteiger partial charge in [0.25, 0.3) is 5.91 Å². The summed E-state index contributed by atoms with van der Waals surface area (Å²) in [5.41, 5.74) is 18.0. The van der Waals surface area contributed by atoms with Crippen molar-refractivity contribution in [3.05, 3.63) is 76.2 Å². The smallest absolute Gasteiger partial charge is 0.326 e. The van der Waals surface area contributed by atoms with Crippen LogP contribution in [0.4, 0.5) is 10.2 Å². The average molecular weight is 902 g/mol. The van der Waals surface area contributed by atoms with Crippen LogP contribution in [-0.2, 0) is 31.0 Å². The van der Waals surface area contributed by atoms with Crippen LogP contribution < -0.4 is 42.6 Å². The van der Waals surface area contributed by atoms with Crippen LogP contribution >= 0.6 is 0 Å². The normalized spacial score (nSPS) is 16.4. The van der Waals surface area contributed by atoms with E-state index in [1.165, 1.54) is 45.2 Å². The number of carbonyl (C=O) groups is 5. The highest BCUT2D eigenvalue weighted by atomic mass is 19.1. The number of nitrogen functional groups attached to an aromatic ring is 1. The minimum absolute atomic E-state index is 0.0440. The van der Waals surface area contributed by atoms with Gasteiger partial charge in [-0.25, -0.2) is 19.2 Å². The Bertz CT molecular complexity index is 2450. The van der Waals surface area contributed by atoms with Crippen LogP contribution in [0.2, 0.25) is 0 Å². The number of phenols is 2. The molecule has 348 valence electrons. The third kappa shape index (κ3) is 11.2. The second-order valence-corrected chi connectivity index (χ2v) is 16.6. The lowest BCUT2D eigenvalue weighted by molar-refractivity contribution is -0.142. The van der Waals surface area contributed by atoms with E-state index in [2.05, 4.69) is 25.9 Å². The molecule has 4 aromatic rings. The number of hydrogen-bond acceptors (Lipinski definition) is 14. The molecule has 1 aliphatic heterocycles. The van der Waals surface area contributed by atoms with Gasteiger partial charge in [0, 0.05) is 24.6 Å². The number of benzene rings is 3. The molecule has 0 unspecified atom stereocenters. The molecule has 1 aromatic heterocycles. The number of nitrogens with two attached hydrogens (primary N) is 3. The predicted octanol–water partition coefficient (Wildman–Crippen LogP) is 2.56. The summed E-state index contributed by atoms with van der Waals surface area (Å²) in [5.74, 6) is -6.96. The van der Waals surface area contributed by atoms with Gasteiger partial charge in [-0.15, -0.1) is 0 Å². The Morgan fingerprint density at radius 2 is 1.57 bits per heavy atom. The highest BCUT2D eigenvalue weighted by Gasteiger charge is 2.35. The number of aryl methyl sites for hydroxylation is 1. The molecule has 0 saturated heterocycles. The van der Waals surface area contributed by atoms with Gasteiger partial charge in [0.05, 0.1) is 31.0 Å². The van der Waals surface area contributed by atoms with E-state index in [4.69, 9.17) is 26.7 Å². The number of aromatic nitrogens is 2. The second kappa shape index (κ2) is 20.6. The van der Waals surface area contributed by atoms with Gasteiger partial charge >= 0.3 is 5.97 Å². The third-order valence-electron chi connectivity index (χ3n) is 10.7. The molecule has 0 saturated carbocycles. The van der Waals surface area contributed by atoms with Crippen LogP contribution in [-0.4, -0.2) is 112 Å². The number of aromatic hydroxyl groups is 2. The van der Waals surface area contributed by atoms with Gasteiger partial charge < -0.3 is 62.8 Å². The van der Waals surface area contributed by atoms with Gasteiger partial charge in [0.2, 0.25) is 17.7 Å². The Hall–Kier alpha value is -7.06. The van der Waals surface area contributed by atoms with E-state index in [0.29, 0.717) is 24.9 Å². The van der Waals surface area contributed by atoms with Crippen molar-refractivity contribution in [3.8, 4) is 45.5 Å². The number of carboxylic acids is 1. The fourth-order valence-electron chi connectivity index (χ4n) is 7.15. The Balaban J connectivity index is 1.54. The largest absolute Gasteiger partial charge is 0.504 e. The highest BCUT2D eigenvalue weighted by molar-refractivity contribution is 6.02. The Labute approximate surface area is 374 Å². The average Bonchev–Trinajstić information content (AvgIpc) is 3.23. The molecule has 4 amide bonds. The van der Waals surface area contributed by atoms with Crippen molar-refractivity contribution >= 4 is 35.4 Å². The number of nitrogens with one attached hydrogen (secondary N) is 3. The minimum Gasteiger partial charge on any atom is -0.504 e. The molecular formula is C45H56FN9O10. The summed E-state index contributed by atoms with van der Waals surface area (Å²) in [6.07, 6.45) is 0.677. The zero-order chi connectivity index (χ0) is 47.9. The molecule has 0 radical (unpaired) electrons. The monoisotopic (exact) mass is 901 g/mol. The third-order valence-corrected chi connectivity index (χ3v) is 10.7. The minimum atomic E-state index is -1.57. The molecule has 4 bridgehead atoms. The van der Waals surface area contributed by atoms with Crippen molar-refractivity contribution < 1.29 is 53.2 Å². The number of halogens is 1. The van der Waals surface area contributed by atoms with Crippen molar-refractivity contribution in [2.45, 2.75) is 77.4 Å². The lowest BCUT2D eigenvalue weighted by Gasteiger charge is -2.30. The van der Waals surface area contributed by atoms with Gasteiger partial charge in [-0.2, -0.15) is 0 Å². The van der Waals surface area contributed by atoms with E-state index < -0.39 is 71.3 Å². The Morgan fingerprint density at radius 1 is 0.908 bits per heavy atom. The fourth-order valence-corrected chi connectivity index (χ4v) is 7.15. The number of carbonyl (C=O) groups excluding carboxylic acids is 4. The van der Waals surface area contributed by atoms with Gasteiger partial charge in [-0.1, -0.05) is 32.9 Å². The standard InChI is InChI=1S/C45H56FN9O10/c1-22-34(39(49)54-40(51-22)26-10-11-29(45(3,4)5)35(46)38(26)58)42(60)50-21-33(56)55(6)36-25-19-28(37(57)32(20-25)65-16-8-14-48)27-17-24(9-12-31(27)64-15-7-13-47)18-30(44(62)63)53-41(59)23(2)52-43(36)61/h9-12,17,19-20,23,30,36,57-58H,7-8,13-16,18,21,47-48H2,1-6H3,(H,50,60)(H,52,61)(H,53,59)(H,62,63)(H2,49,51,54)/t23-,30-,36-/m0/s1. The van der Waals surface area contributed by atoms with Crippen molar-refractivity contribution in [2.24, 2.45) is 11.5 Å². The molecule has 3 aromatic carbocycles. The SMILES string of the molecule is Cc1nc(-c2ccc(C(C)(C)C)c(F)c2O)nc(N)c1C(=O)NCC(=O)N(C)[C@@H]1C(=O)N[C@@H](C)C(=O)N[C@H](C(=O)O)Cc2ccc(OCCCN)c(c2)-c2cc1cc(OCCCN)c2O. The Morgan fingerprint density at radius 3 is 2.18 bits per heavy atom. The predicted molar refractivity (Wildman–Crippen MR) is 238 cm³/mol. The van der Waals surface area contributed by atoms with Crippen LogP contribution in [0.15, 0.2) is 42.5 Å². The van der Waals surface area contributed by atoms with E-state index in [1.54, 1.807) is 39.0 Å². The van der Waals surface area contributed by atoms with E-state index in [9.17, 15) is 39.3 Å². The summed E-state index contributed by atoms with van der Waals surface area (Å²) in [5, 5.41) is 40.1. The lowest BCUT2D eigenvalue weighted by Crippen LogP contribution is -2.53. The number of rotatable bonds is 14. The number of aliphatic carboxylic acids is 1. The van der Waals surface area contributed by atoms with Crippen LogP contribution in [0.1, 0.15) is 79.3 Å². The van der Waals surface area contributed by atoms with Crippen molar-refractivity contribution in [3.63, 3.8) is 0 Å². The van der Waals surface area contributed by atoms with Gasteiger partial charge in [-0.05, 0) is 92.2 Å². The van der Waals surface area contributed by atoms with Crippen LogP contribution in [0, 0.1) is 12.7 Å². The number of likely N-dealkylation sites (N-methyl/N-ethyl adjacent to an activating group) is 1. The molecule has 12 N–H and O–H groups in total. The molecule has 0 spiro atoms. The zero-order valence-electron chi connectivity index (χ0n) is 37.1. The first-order valence-electron chi connectivity index (χ1n) is 20.9. The van der Waals surface area contributed by atoms with Crippen LogP contribution in [0.3, 0.4) is 0 Å². The van der Waals surface area contributed by atoms with Gasteiger partial charge in [0.1, 0.15) is 35.3 Å². The van der Waals surface area contributed by atoms with E-state index in [1.807, 2.05) is 0 Å². The first-order chi connectivity index (χ1) is 30.7. The molecule has 5 rings (SSSR count). The number of carboxylic acid groups (broad SMARTS) is 1. The summed E-state index contributed by atoms with van der Waals surface area (Å²) >= 11 is 0. The van der Waals surface area contributed by atoms with E-state index >= 15 is 4.39 Å². The topological polar surface area (TPSA) is 308 Å². The molecule has 65 heavy (non-hydrogen) atoms.